The second kappa shape index (κ2) is 6.29. The Balaban J connectivity index is 0.000000323. The van der Waals surface area contributed by atoms with Gasteiger partial charge in [0.15, 0.2) is 23.4 Å². The van der Waals surface area contributed by atoms with Crippen LogP contribution in [0.3, 0.4) is 0 Å². The third-order valence-corrected chi connectivity index (χ3v) is 6.59. The Bertz CT molecular complexity index is 829. The molecule has 148 valence electrons. The Morgan fingerprint density at radius 1 is 1.33 bits per heavy atom. The van der Waals surface area contributed by atoms with E-state index in [9.17, 15) is 4.79 Å². The molecule has 1 aromatic carbocycles. The molecule has 1 saturated heterocycles. The lowest BCUT2D eigenvalue weighted by Crippen LogP contribution is -2.65. The van der Waals surface area contributed by atoms with Crippen LogP contribution in [0.15, 0.2) is 12.1 Å². The molecule has 4 atom stereocenters. The van der Waals surface area contributed by atoms with Crippen LogP contribution in [0.1, 0.15) is 30.4 Å². The lowest BCUT2D eigenvalue weighted by Gasteiger charge is -2.57. The minimum absolute atomic E-state index is 0.0933. The highest BCUT2D eigenvalue weighted by Gasteiger charge is 2.65. The molecule has 1 spiro atoms. The zero-order chi connectivity index (χ0) is 19.6. The van der Waals surface area contributed by atoms with Crippen LogP contribution in [0.4, 0.5) is 0 Å². The number of likely N-dealkylation sites (N-methyl/N-ethyl adjacent to an activating group) is 1. The molecule has 0 amide bonds. The van der Waals surface area contributed by atoms with Gasteiger partial charge in [-0.15, -0.1) is 0 Å². The lowest BCUT2D eigenvalue weighted by molar-refractivity contribution is -0.138. The van der Waals surface area contributed by atoms with Crippen molar-refractivity contribution >= 4 is 13.6 Å². The predicted molar refractivity (Wildman–Crippen MR) is 95.8 cm³/mol. The number of phosphoric acid groups is 1. The number of rotatable bonds is 1. The molecule has 1 saturated carbocycles. The van der Waals surface area contributed by atoms with Crippen molar-refractivity contribution < 1.29 is 33.5 Å². The summed E-state index contributed by atoms with van der Waals surface area (Å²) < 4.78 is 20.7. The molecule has 27 heavy (non-hydrogen) atoms. The molecule has 2 aliphatic heterocycles. The largest absolute Gasteiger partial charge is 0.493 e. The highest BCUT2D eigenvalue weighted by atomic mass is 31.2. The number of carbonyl (C=O) groups excluding carboxylic acids is 1. The van der Waals surface area contributed by atoms with Crippen LogP contribution in [-0.4, -0.2) is 58.2 Å². The van der Waals surface area contributed by atoms with E-state index in [2.05, 4.69) is 18.0 Å². The zero-order valence-electron chi connectivity index (χ0n) is 15.3. The van der Waals surface area contributed by atoms with E-state index in [4.69, 9.17) is 28.7 Å². The van der Waals surface area contributed by atoms with Gasteiger partial charge in [0.2, 0.25) is 0 Å². The number of ketones is 1. The van der Waals surface area contributed by atoms with Crippen LogP contribution in [0.25, 0.3) is 0 Å². The van der Waals surface area contributed by atoms with E-state index in [0.29, 0.717) is 18.4 Å². The molecule has 2 bridgehead atoms. The van der Waals surface area contributed by atoms with Gasteiger partial charge in [-0.25, -0.2) is 4.57 Å². The van der Waals surface area contributed by atoms with Crippen molar-refractivity contribution in [2.45, 2.75) is 43.2 Å². The summed E-state index contributed by atoms with van der Waals surface area (Å²) in [7, 11) is -0.727. The van der Waals surface area contributed by atoms with Crippen molar-refractivity contribution in [3.8, 4) is 11.5 Å². The van der Waals surface area contributed by atoms with Crippen LogP contribution >= 0.6 is 7.82 Å². The van der Waals surface area contributed by atoms with Crippen molar-refractivity contribution in [3.63, 3.8) is 0 Å². The van der Waals surface area contributed by atoms with Crippen molar-refractivity contribution in [2.75, 3.05) is 20.7 Å². The van der Waals surface area contributed by atoms with Crippen LogP contribution in [0.5, 0.6) is 11.5 Å². The first kappa shape index (κ1) is 18.9. The fraction of sp³-hybridized carbons (Fsp3) is 0.611. The summed E-state index contributed by atoms with van der Waals surface area (Å²) in [6, 6.07) is 4.73. The smallest absolute Gasteiger partial charge is 0.466 e. The van der Waals surface area contributed by atoms with Gasteiger partial charge in [0.25, 0.3) is 0 Å². The molecular weight excluding hydrogens is 373 g/mol. The lowest BCUT2D eigenvalue weighted by atomic mass is 9.52. The number of hydrogen-bond donors (Lipinski definition) is 3. The number of hydrogen-bond acceptors (Lipinski definition) is 5. The minimum atomic E-state index is -4.64. The molecule has 0 aromatic heterocycles. The van der Waals surface area contributed by atoms with E-state index in [-0.39, 0.29) is 17.3 Å². The topological polar surface area (TPSA) is 117 Å². The number of methoxy groups -OCH3 is 1. The summed E-state index contributed by atoms with van der Waals surface area (Å²) in [5.41, 5.74) is 2.57. The van der Waals surface area contributed by atoms with Crippen molar-refractivity contribution in [3.05, 3.63) is 23.3 Å². The molecule has 3 N–H and O–H groups in total. The molecule has 2 fully saturated rings. The quantitative estimate of drug-likeness (QED) is 0.601. The fourth-order valence-corrected chi connectivity index (χ4v) is 5.67. The number of benzene rings is 1. The Labute approximate surface area is 157 Å². The normalized spacial score (nSPS) is 33.5. The maximum atomic E-state index is 12.6. The minimum Gasteiger partial charge on any atom is -0.493 e. The standard InChI is InChI=1S/C18H21NO3.H3O4P/c1-19-8-7-18-11-4-5-13(20)17(18)22-16-14(21-2)6-3-10(15(16)18)9-12(11)19;1-5(2,3)4/h3,6,11-12,17H,4-5,7-9H2,1-2H3;(H3,1,2,3,4)/t11-,12+,17-,18-;/m0./s1. The molecule has 1 aromatic rings. The van der Waals surface area contributed by atoms with Gasteiger partial charge < -0.3 is 29.1 Å². The molecule has 2 heterocycles. The zero-order valence-corrected chi connectivity index (χ0v) is 16.2. The maximum absolute atomic E-state index is 12.6. The fourth-order valence-electron chi connectivity index (χ4n) is 5.67. The van der Waals surface area contributed by atoms with Crippen LogP contribution in [-0.2, 0) is 21.2 Å². The van der Waals surface area contributed by atoms with Gasteiger partial charge >= 0.3 is 7.82 Å². The van der Waals surface area contributed by atoms with Gasteiger partial charge in [0.05, 0.1) is 7.11 Å². The van der Waals surface area contributed by atoms with E-state index >= 15 is 0 Å². The number of ether oxygens (including phenoxy) is 2. The van der Waals surface area contributed by atoms with Gasteiger partial charge in [0, 0.05) is 23.4 Å². The maximum Gasteiger partial charge on any atom is 0.466 e. The van der Waals surface area contributed by atoms with Gasteiger partial charge in [-0.2, -0.15) is 0 Å². The average Bonchev–Trinajstić information content (AvgIpc) is 2.93. The van der Waals surface area contributed by atoms with E-state index < -0.39 is 7.82 Å². The number of nitrogens with zero attached hydrogens (tertiary/aromatic N) is 1. The molecule has 0 unspecified atom stereocenters. The van der Waals surface area contributed by atoms with Gasteiger partial charge in [-0.05, 0) is 50.4 Å². The third kappa shape index (κ3) is 2.82. The van der Waals surface area contributed by atoms with E-state index in [1.165, 1.54) is 11.1 Å². The molecule has 2 aliphatic carbocycles. The number of likely N-dealkylation sites (tertiary alicyclic amines) is 1. The average molecular weight is 397 g/mol. The Morgan fingerprint density at radius 3 is 2.70 bits per heavy atom. The summed E-state index contributed by atoms with van der Waals surface area (Å²) in [5.74, 6) is 2.46. The first-order valence-corrected chi connectivity index (χ1v) is 10.6. The number of Topliss-reactive ketones (excluding diaryl/α,β-unsaturated/α-hetero) is 1. The first-order chi connectivity index (χ1) is 12.7. The van der Waals surface area contributed by atoms with Gasteiger partial charge in [-0.1, -0.05) is 6.07 Å². The Morgan fingerprint density at radius 2 is 2.04 bits per heavy atom. The molecule has 8 nitrogen and oxygen atoms in total. The summed E-state index contributed by atoms with van der Waals surface area (Å²) in [5, 5.41) is 0. The third-order valence-electron chi connectivity index (χ3n) is 6.59. The second-order valence-corrected chi connectivity index (χ2v) is 8.82. The molecule has 4 aliphatic rings. The van der Waals surface area contributed by atoms with Crippen LogP contribution in [0.2, 0.25) is 0 Å². The summed E-state index contributed by atoms with van der Waals surface area (Å²) in [4.78, 5) is 36.7. The highest BCUT2D eigenvalue weighted by Crippen LogP contribution is 2.63. The first-order valence-electron chi connectivity index (χ1n) is 9.05. The summed E-state index contributed by atoms with van der Waals surface area (Å²) in [6.45, 7) is 1.05. The van der Waals surface area contributed by atoms with Gasteiger partial charge in [0.1, 0.15) is 0 Å². The predicted octanol–water partition coefficient (Wildman–Crippen LogP) is 1.00. The van der Waals surface area contributed by atoms with E-state index in [1.54, 1.807) is 7.11 Å². The van der Waals surface area contributed by atoms with Crippen molar-refractivity contribution in [1.29, 1.82) is 0 Å². The Hall–Kier alpha value is -1.44. The van der Waals surface area contributed by atoms with E-state index in [0.717, 1.165) is 37.3 Å². The molecule has 9 heteroatoms. The van der Waals surface area contributed by atoms with E-state index in [1.807, 2.05) is 6.07 Å². The molecule has 5 rings (SSSR count). The number of piperidine rings is 1. The van der Waals surface area contributed by atoms with Crippen LogP contribution < -0.4 is 9.47 Å². The van der Waals surface area contributed by atoms with Crippen molar-refractivity contribution in [2.24, 2.45) is 5.92 Å². The van der Waals surface area contributed by atoms with Gasteiger partial charge in [-0.3, -0.25) is 4.79 Å². The highest BCUT2D eigenvalue weighted by molar-refractivity contribution is 7.45. The second-order valence-electron chi connectivity index (χ2n) is 7.80. The van der Waals surface area contributed by atoms with Crippen molar-refractivity contribution in [1.82, 2.24) is 4.90 Å². The SMILES string of the molecule is COc1ccc2c3c1O[C@H]1C(=O)CC[C@H]4[C@@H](C2)N(C)CC[C@]314.O=P(O)(O)O. The summed E-state index contributed by atoms with van der Waals surface area (Å²) >= 11 is 0. The molecule has 0 radical (unpaired) electrons. The summed E-state index contributed by atoms with van der Waals surface area (Å²) in [6.07, 6.45) is 3.47. The monoisotopic (exact) mass is 397 g/mol. The Kier molecular flexibility index (Phi) is 4.40. The molecular formula is C18H24NO7P. The van der Waals surface area contributed by atoms with Crippen LogP contribution in [0, 0.1) is 5.92 Å². The number of carbonyl (C=O) groups is 1.